The molecule has 0 spiro atoms. The fourth-order valence-corrected chi connectivity index (χ4v) is 7.32. The highest BCUT2D eigenvalue weighted by molar-refractivity contribution is 7.47. The van der Waals surface area contributed by atoms with E-state index in [0.717, 1.165) is 128 Å². The lowest BCUT2D eigenvalue weighted by Gasteiger charge is -2.37. The van der Waals surface area contributed by atoms with Gasteiger partial charge in [-0.05, 0) is 25.7 Å². The molecule has 0 aliphatic heterocycles. The lowest BCUT2D eigenvalue weighted by molar-refractivity contribution is -0.870. The van der Waals surface area contributed by atoms with Crippen LogP contribution < -0.4 is 0 Å². The van der Waals surface area contributed by atoms with Crippen LogP contribution in [0.5, 0.6) is 0 Å². The summed E-state index contributed by atoms with van der Waals surface area (Å²) >= 11 is 0. The van der Waals surface area contributed by atoms with E-state index in [1.165, 1.54) is 0 Å². The van der Waals surface area contributed by atoms with Crippen molar-refractivity contribution >= 4 is 31.3 Å². The van der Waals surface area contributed by atoms with Gasteiger partial charge in [-0.3, -0.25) is 28.2 Å². The van der Waals surface area contributed by atoms with Gasteiger partial charge in [-0.15, -0.1) is 0 Å². The minimum Gasteiger partial charge on any atom is -0.455 e. The van der Waals surface area contributed by atoms with E-state index >= 15 is 0 Å². The number of hydrogen-bond acceptors (Lipinski definition) is 9. The van der Waals surface area contributed by atoms with Gasteiger partial charge < -0.3 is 18.9 Å². The molecule has 0 rings (SSSR count). The summed E-state index contributed by atoms with van der Waals surface area (Å²) in [5, 5.41) is 0. The van der Waals surface area contributed by atoms with Gasteiger partial charge in [0.15, 0.2) is 17.7 Å². The molecule has 0 aromatic heterocycles. The fourth-order valence-electron chi connectivity index (χ4n) is 6.61. The standard InChI is InChI=1S/C44H84NO10P/c1-8-12-16-20-24-28-32-39(46)44(40(47)33-29-25-21-17-13-9-2,55-43(49)35-31-27-23-19-15-11-4)41(54-42(48)34-30-26-22-18-14-10-3)38-53-56(50,51)52-37-36-45(5,6)7/h41H,8-38H2,1-7H3/p+1/t41-/m0/s1. The second-order valence-electron chi connectivity index (χ2n) is 16.7. The summed E-state index contributed by atoms with van der Waals surface area (Å²) in [5.74, 6) is -2.76. The predicted molar refractivity (Wildman–Crippen MR) is 225 cm³/mol. The number of quaternary nitrogens is 1. The van der Waals surface area contributed by atoms with Crippen molar-refractivity contribution in [2.24, 2.45) is 0 Å². The van der Waals surface area contributed by atoms with Crippen LogP contribution in [0.1, 0.15) is 207 Å². The number of ketones is 2. The summed E-state index contributed by atoms with van der Waals surface area (Å²) in [6.45, 7) is 7.98. The number of carbonyl (C=O) groups excluding carboxylic acids is 4. The van der Waals surface area contributed by atoms with Crippen LogP contribution in [0.25, 0.3) is 0 Å². The van der Waals surface area contributed by atoms with Crippen molar-refractivity contribution in [2.75, 3.05) is 40.9 Å². The Labute approximate surface area is 342 Å². The van der Waals surface area contributed by atoms with Crippen LogP contribution in [0.3, 0.4) is 0 Å². The number of hydrogen-bond donors (Lipinski definition) is 1. The highest BCUT2D eigenvalue weighted by Crippen LogP contribution is 2.44. The number of likely N-dealkylation sites (N-methyl/N-ethyl adjacent to an activating group) is 1. The molecule has 330 valence electrons. The number of ether oxygens (including phenoxy) is 2. The van der Waals surface area contributed by atoms with Crippen molar-refractivity contribution in [1.29, 1.82) is 0 Å². The first-order valence-corrected chi connectivity index (χ1v) is 24.1. The molecule has 0 fully saturated rings. The molecule has 0 saturated heterocycles. The van der Waals surface area contributed by atoms with Crippen LogP contribution in [-0.2, 0) is 42.3 Å². The Hall–Kier alpha value is -1.65. The van der Waals surface area contributed by atoms with Crippen molar-refractivity contribution < 1.29 is 51.6 Å². The molecule has 0 aromatic rings. The molecule has 1 N–H and O–H groups in total. The van der Waals surface area contributed by atoms with Gasteiger partial charge in [-0.2, -0.15) is 0 Å². The van der Waals surface area contributed by atoms with E-state index in [2.05, 4.69) is 27.7 Å². The summed E-state index contributed by atoms with van der Waals surface area (Å²) in [5.41, 5.74) is -2.52. The van der Waals surface area contributed by atoms with Gasteiger partial charge in [-0.25, -0.2) is 4.57 Å². The summed E-state index contributed by atoms with van der Waals surface area (Å²) in [7, 11) is 0.975. The second-order valence-corrected chi connectivity index (χ2v) is 18.2. The third-order valence-corrected chi connectivity index (χ3v) is 11.2. The highest BCUT2D eigenvalue weighted by Gasteiger charge is 2.57. The van der Waals surface area contributed by atoms with E-state index in [4.69, 9.17) is 18.5 Å². The number of carbonyl (C=O) groups is 4. The van der Waals surface area contributed by atoms with Crippen molar-refractivity contribution in [3.8, 4) is 0 Å². The van der Waals surface area contributed by atoms with E-state index < -0.39 is 49.6 Å². The predicted octanol–water partition coefficient (Wildman–Crippen LogP) is 11.2. The maximum Gasteiger partial charge on any atom is 0.472 e. The first-order chi connectivity index (χ1) is 26.7. The molecule has 0 heterocycles. The number of Topliss-reactive ketones (excluding diaryl/α,β-unsaturated/α-hetero) is 2. The van der Waals surface area contributed by atoms with Crippen LogP contribution >= 0.6 is 7.82 Å². The number of phosphoric acid groups is 1. The van der Waals surface area contributed by atoms with Crippen molar-refractivity contribution in [1.82, 2.24) is 0 Å². The number of phosphoric ester groups is 1. The Bertz CT molecular complexity index is 1060. The molecule has 0 amide bonds. The zero-order chi connectivity index (χ0) is 42.1. The van der Waals surface area contributed by atoms with Gasteiger partial charge in [0, 0.05) is 25.7 Å². The Kier molecular flexibility index (Phi) is 32.2. The minimum absolute atomic E-state index is 0.0123. The van der Waals surface area contributed by atoms with Crippen molar-refractivity contribution in [2.45, 2.75) is 219 Å². The molecule has 0 aliphatic rings. The maximum absolute atomic E-state index is 14.6. The van der Waals surface area contributed by atoms with Gasteiger partial charge in [0.1, 0.15) is 19.8 Å². The maximum atomic E-state index is 14.6. The largest absolute Gasteiger partial charge is 0.472 e. The van der Waals surface area contributed by atoms with Crippen LogP contribution in [0, 0.1) is 0 Å². The lowest BCUT2D eigenvalue weighted by Crippen LogP contribution is -2.61. The molecule has 0 saturated carbocycles. The van der Waals surface area contributed by atoms with Crippen molar-refractivity contribution in [3.63, 3.8) is 0 Å². The zero-order valence-corrected chi connectivity index (χ0v) is 37.9. The molecular formula is C44H85NO10P+. The van der Waals surface area contributed by atoms with Gasteiger partial charge in [0.25, 0.3) is 5.60 Å². The molecule has 11 nitrogen and oxygen atoms in total. The van der Waals surface area contributed by atoms with Crippen LogP contribution in [0.2, 0.25) is 0 Å². The average Bonchev–Trinajstić information content (AvgIpc) is 3.14. The molecule has 12 heteroatoms. The summed E-state index contributed by atoms with van der Waals surface area (Å²) < 4.78 is 36.4. The minimum atomic E-state index is -4.75. The van der Waals surface area contributed by atoms with E-state index in [9.17, 15) is 28.6 Å². The average molecular weight is 819 g/mol. The molecule has 0 bridgehead atoms. The Morgan fingerprint density at radius 1 is 0.536 bits per heavy atom. The summed E-state index contributed by atoms with van der Waals surface area (Å²) in [6, 6.07) is 0. The summed E-state index contributed by atoms with van der Waals surface area (Å²) in [6.07, 6.45) is 19.7. The molecule has 56 heavy (non-hydrogen) atoms. The van der Waals surface area contributed by atoms with Gasteiger partial charge in [-0.1, -0.05) is 156 Å². The molecule has 0 aromatic carbocycles. The molecule has 1 unspecified atom stereocenters. The first kappa shape index (κ1) is 54.3. The molecule has 2 atom stereocenters. The SMILES string of the molecule is CCCCCCCCC(=O)O[C@@H](COP(=O)(O)OCC[N+](C)(C)C)C(OC(=O)CCCCCCCC)(C(=O)CCCCCCCC)C(=O)CCCCCCCC. The molecule has 0 radical (unpaired) electrons. The van der Waals surface area contributed by atoms with Crippen LogP contribution in [0.15, 0.2) is 0 Å². The van der Waals surface area contributed by atoms with E-state index in [0.29, 0.717) is 36.7 Å². The zero-order valence-electron chi connectivity index (χ0n) is 37.0. The quantitative estimate of drug-likeness (QED) is 0.0209. The van der Waals surface area contributed by atoms with Crippen LogP contribution in [-0.4, -0.2) is 85.5 Å². The summed E-state index contributed by atoms with van der Waals surface area (Å²) in [4.78, 5) is 67.3. The van der Waals surface area contributed by atoms with Gasteiger partial charge in [0.2, 0.25) is 0 Å². The number of unbranched alkanes of at least 4 members (excludes halogenated alkanes) is 20. The van der Waals surface area contributed by atoms with Crippen molar-refractivity contribution in [3.05, 3.63) is 0 Å². The molecule has 0 aliphatic carbocycles. The molecular weight excluding hydrogens is 733 g/mol. The van der Waals surface area contributed by atoms with E-state index in [1.54, 1.807) is 0 Å². The van der Waals surface area contributed by atoms with E-state index in [-0.39, 0.29) is 32.3 Å². The smallest absolute Gasteiger partial charge is 0.455 e. The Morgan fingerprint density at radius 2 is 0.893 bits per heavy atom. The lowest BCUT2D eigenvalue weighted by atomic mass is 9.82. The van der Waals surface area contributed by atoms with Gasteiger partial charge in [0.05, 0.1) is 21.1 Å². The Balaban J connectivity index is 6.81. The van der Waals surface area contributed by atoms with Gasteiger partial charge >= 0.3 is 19.8 Å². The third kappa shape index (κ3) is 27.1. The fraction of sp³-hybridized carbons (Fsp3) is 0.909. The first-order valence-electron chi connectivity index (χ1n) is 22.6. The third-order valence-electron chi connectivity index (χ3n) is 10.2. The number of esters is 2. The number of rotatable bonds is 40. The Morgan fingerprint density at radius 3 is 1.29 bits per heavy atom. The monoisotopic (exact) mass is 819 g/mol. The normalized spacial score (nSPS) is 13.6. The van der Waals surface area contributed by atoms with E-state index in [1.807, 2.05) is 21.1 Å². The number of nitrogens with zero attached hydrogens (tertiary/aromatic N) is 1. The second kappa shape index (κ2) is 33.2. The highest BCUT2D eigenvalue weighted by atomic mass is 31.2. The van der Waals surface area contributed by atoms with Crippen LogP contribution in [0.4, 0.5) is 0 Å². The topological polar surface area (TPSA) is 142 Å².